The van der Waals surface area contributed by atoms with Gasteiger partial charge in [-0.15, -0.1) is 11.3 Å². The number of carboxylic acids is 1. The zero-order chi connectivity index (χ0) is 26.1. The molecule has 0 bridgehead atoms. The summed E-state index contributed by atoms with van der Waals surface area (Å²) in [4.78, 5) is 25.5. The van der Waals surface area contributed by atoms with E-state index in [1.807, 2.05) is 25.1 Å². The van der Waals surface area contributed by atoms with E-state index in [4.69, 9.17) is 5.11 Å². The largest absolute Gasteiger partial charge is 0.477 e. The van der Waals surface area contributed by atoms with Gasteiger partial charge in [-0.1, -0.05) is 62.2 Å². The molecule has 1 aliphatic rings. The molecule has 1 fully saturated rings. The highest BCUT2D eigenvalue weighted by atomic mass is 32.1. The van der Waals surface area contributed by atoms with Crippen LogP contribution in [-0.4, -0.2) is 51.6 Å². The summed E-state index contributed by atoms with van der Waals surface area (Å²) >= 11 is 1.15. The summed E-state index contributed by atoms with van der Waals surface area (Å²) < 4.78 is 28.3. The number of halogens is 2. The maximum Gasteiger partial charge on any atom is 0.345 e. The molecule has 0 radical (unpaired) electrons. The molecule has 0 aliphatic carbocycles. The predicted octanol–water partition coefficient (Wildman–Crippen LogP) is 5.97. The smallest absolute Gasteiger partial charge is 0.345 e. The van der Waals surface area contributed by atoms with E-state index in [1.54, 1.807) is 18.2 Å². The number of carbonyl (C=O) groups is 2. The van der Waals surface area contributed by atoms with Gasteiger partial charge in [-0.2, -0.15) is 8.78 Å². The van der Waals surface area contributed by atoms with Crippen molar-refractivity contribution in [2.24, 2.45) is 5.92 Å². The number of hydrogen-bond acceptors (Lipinski definition) is 4. The lowest BCUT2D eigenvalue weighted by Crippen LogP contribution is -2.36. The molecule has 1 amide bonds. The molecule has 2 N–H and O–H groups in total. The minimum atomic E-state index is -3.41. The van der Waals surface area contributed by atoms with Gasteiger partial charge in [-0.25, -0.2) is 4.79 Å². The van der Waals surface area contributed by atoms with Crippen molar-refractivity contribution in [2.45, 2.75) is 76.4 Å². The predicted molar refractivity (Wildman–Crippen MR) is 138 cm³/mol. The van der Waals surface area contributed by atoms with Crippen LogP contribution in [0.4, 0.5) is 8.78 Å². The maximum atomic E-state index is 14.2. The summed E-state index contributed by atoms with van der Waals surface area (Å²) in [6.07, 6.45) is 7.70. The highest BCUT2D eigenvalue weighted by Crippen LogP contribution is 2.34. The Bertz CT molecular complexity index is 1020. The van der Waals surface area contributed by atoms with Gasteiger partial charge in [0.2, 0.25) is 0 Å². The van der Waals surface area contributed by atoms with E-state index in [0.29, 0.717) is 12.8 Å². The minimum Gasteiger partial charge on any atom is -0.477 e. The average Bonchev–Trinajstić information content (AvgIpc) is 3.41. The molecule has 1 aromatic carbocycles. The third-order valence-corrected chi connectivity index (χ3v) is 7.85. The van der Waals surface area contributed by atoms with Crippen LogP contribution in [0.25, 0.3) is 0 Å². The van der Waals surface area contributed by atoms with Gasteiger partial charge in [0.1, 0.15) is 4.88 Å². The summed E-state index contributed by atoms with van der Waals surface area (Å²) in [5, 5.41) is 19.6. The van der Waals surface area contributed by atoms with E-state index in [2.05, 4.69) is 12.1 Å². The second-order valence-electron chi connectivity index (χ2n) is 9.59. The fraction of sp³-hybridized carbons (Fsp3) is 0.500. The molecule has 1 aliphatic heterocycles. The topological polar surface area (TPSA) is 77.8 Å². The zero-order valence-electron chi connectivity index (χ0n) is 20.6. The molecule has 0 spiro atoms. The second kappa shape index (κ2) is 13.1. The number of amides is 1. The Balaban J connectivity index is 1.44. The lowest BCUT2D eigenvalue weighted by atomic mass is 9.95. The summed E-state index contributed by atoms with van der Waals surface area (Å²) in [6, 6.07) is 12.8. The number of carboxylic acid groups (broad SMARTS) is 1. The first-order valence-corrected chi connectivity index (χ1v) is 13.4. The number of likely N-dealkylation sites (tertiary alicyclic amines) is 1. The molecule has 8 heteroatoms. The molecule has 196 valence electrons. The van der Waals surface area contributed by atoms with E-state index in [1.165, 1.54) is 16.5 Å². The van der Waals surface area contributed by atoms with Gasteiger partial charge in [0.25, 0.3) is 5.91 Å². The lowest BCUT2D eigenvalue weighted by molar-refractivity contribution is -0.148. The third-order valence-electron chi connectivity index (χ3n) is 6.72. The fourth-order valence-corrected chi connectivity index (χ4v) is 5.42. The summed E-state index contributed by atoms with van der Waals surface area (Å²) in [5.41, 5.74) is 1.32. The van der Waals surface area contributed by atoms with Gasteiger partial charge in [0.15, 0.2) is 0 Å². The Morgan fingerprint density at radius 2 is 1.89 bits per heavy atom. The van der Waals surface area contributed by atoms with Gasteiger partial charge in [-0.3, -0.25) is 4.79 Å². The molecular formula is C28H35F2NO4S. The van der Waals surface area contributed by atoms with Gasteiger partial charge in [0, 0.05) is 17.8 Å². The maximum absolute atomic E-state index is 14.2. The number of aliphatic hydroxyl groups excluding tert-OH is 1. The molecule has 3 rings (SSSR count). The van der Waals surface area contributed by atoms with E-state index >= 15 is 0 Å². The molecule has 1 aromatic heterocycles. The van der Waals surface area contributed by atoms with E-state index < -0.39 is 36.4 Å². The molecule has 0 saturated carbocycles. The van der Waals surface area contributed by atoms with Crippen molar-refractivity contribution in [3.05, 3.63) is 69.9 Å². The fourth-order valence-electron chi connectivity index (χ4n) is 4.53. The highest BCUT2D eigenvalue weighted by molar-refractivity contribution is 7.13. The Hall–Kier alpha value is -2.58. The third kappa shape index (κ3) is 7.96. The van der Waals surface area contributed by atoms with Gasteiger partial charge < -0.3 is 15.1 Å². The normalized spacial score (nSPS) is 19.2. The van der Waals surface area contributed by atoms with Crippen molar-refractivity contribution in [1.29, 1.82) is 0 Å². The van der Waals surface area contributed by atoms with Crippen LogP contribution in [0.2, 0.25) is 0 Å². The van der Waals surface area contributed by atoms with Crippen LogP contribution < -0.4 is 0 Å². The highest BCUT2D eigenvalue weighted by Gasteiger charge is 2.52. The van der Waals surface area contributed by atoms with E-state index in [0.717, 1.165) is 48.3 Å². The Morgan fingerprint density at radius 3 is 2.58 bits per heavy atom. The second-order valence-corrected chi connectivity index (χ2v) is 10.8. The molecule has 5 nitrogen and oxygen atoms in total. The monoisotopic (exact) mass is 519 g/mol. The van der Waals surface area contributed by atoms with E-state index in [9.17, 15) is 23.5 Å². The number of benzene rings is 1. The van der Waals surface area contributed by atoms with Crippen LogP contribution in [0.5, 0.6) is 0 Å². The van der Waals surface area contributed by atoms with Crippen molar-refractivity contribution in [2.75, 3.05) is 6.54 Å². The molecule has 2 heterocycles. The number of hydrogen-bond donors (Lipinski definition) is 2. The van der Waals surface area contributed by atoms with Crippen LogP contribution in [-0.2, 0) is 17.6 Å². The number of aryl methyl sites for hydroxylation is 2. The van der Waals surface area contributed by atoms with Crippen LogP contribution in [0.3, 0.4) is 0 Å². The quantitative estimate of drug-likeness (QED) is 0.238. The molecular weight excluding hydrogens is 484 g/mol. The van der Waals surface area contributed by atoms with Crippen molar-refractivity contribution in [1.82, 2.24) is 4.90 Å². The number of aliphatic hydroxyl groups is 1. The SMILES string of the molecule is C[C@@H](CCCCCc1ccccc1)[C@H](O)C=C[C@H]1CC(F)(F)C(=O)N1CCCc1ccc(C(=O)O)s1. The number of aromatic carboxylic acids is 1. The number of alkyl halides is 2. The van der Waals surface area contributed by atoms with Gasteiger partial charge in [0.05, 0.1) is 12.1 Å². The first kappa shape index (κ1) is 28.0. The number of rotatable bonds is 14. The Labute approximate surface area is 215 Å². The molecule has 36 heavy (non-hydrogen) atoms. The molecule has 1 saturated heterocycles. The average molecular weight is 520 g/mol. The summed E-state index contributed by atoms with van der Waals surface area (Å²) in [7, 11) is 0. The van der Waals surface area contributed by atoms with Crippen molar-refractivity contribution >= 4 is 23.2 Å². The number of nitrogens with zero attached hydrogens (tertiary/aromatic N) is 1. The summed E-state index contributed by atoms with van der Waals surface area (Å²) in [5.74, 6) is -5.60. The number of unbranched alkanes of at least 4 members (excludes halogenated alkanes) is 2. The Morgan fingerprint density at radius 1 is 1.14 bits per heavy atom. The van der Waals surface area contributed by atoms with Gasteiger partial charge >= 0.3 is 11.9 Å². The minimum absolute atomic E-state index is 0.00806. The standard InChI is InChI=1S/C28H35F2NO4S/c1-20(9-4-2-5-10-21-11-6-3-7-12-21)24(32)16-14-22-19-28(29,30)27(35)31(22)18-8-13-23-15-17-25(36-23)26(33)34/h3,6-7,11-12,14-17,20,22,24,32H,2,4-5,8-10,13,18-19H2,1H3,(H,33,34)/t20-,22-,24+/m0/s1. The summed E-state index contributed by atoms with van der Waals surface area (Å²) in [6.45, 7) is 2.10. The van der Waals surface area contributed by atoms with Crippen molar-refractivity contribution < 1.29 is 28.6 Å². The number of thiophene rings is 1. The van der Waals surface area contributed by atoms with Crippen molar-refractivity contribution in [3.8, 4) is 0 Å². The molecule has 3 atom stereocenters. The molecule has 2 aromatic rings. The number of carbonyl (C=O) groups excluding carboxylic acids is 1. The van der Waals surface area contributed by atoms with E-state index in [-0.39, 0.29) is 17.3 Å². The van der Waals surface area contributed by atoms with Crippen LogP contribution in [0, 0.1) is 5.92 Å². The first-order valence-electron chi connectivity index (χ1n) is 12.6. The van der Waals surface area contributed by atoms with Crippen LogP contribution in [0.15, 0.2) is 54.6 Å². The zero-order valence-corrected chi connectivity index (χ0v) is 21.4. The van der Waals surface area contributed by atoms with Gasteiger partial charge in [-0.05, 0) is 55.7 Å². The van der Waals surface area contributed by atoms with Crippen molar-refractivity contribution in [3.63, 3.8) is 0 Å². The van der Waals surface area contributed by atoms with Crippen LogP contribution >= 0.6 is 11.3 Å². The Kier molecular flexibility index (Phi) is 10.2. The first-order chi connectivity index (χ1) is 17.2. The lowest BCUT2D eigenvalue weighted by Gasteiger charge is -2.22. The van der Waals surface area contributed by atoms with Crippen LogP contribution in [0.1, 0.15) is 65.6 Å². The molecule has 0 unspecified atom stereocenters.